The molecule has 0 fully saturated rings. The molecule has 0 aromatic heterocycles. The highest BCUT2D eigenvalue weighted by Gasteiger charge is 2.25. The Bertz CT molecular complexity index is 420. The first-order chi connectivity index (χ1) is 9.02. The molecule has 0 saturated carbocycles. The molecular weight excluding hydrogens is 258 g/mol. The highest BCUT2D eigenvalue weighted by atomic mass is 19.2. The number of unbranched alkanes of at least 4 members (excludes halogenated alkanes) is 3. The van der Waals surface area contributed by atoms with E-state index in [9.17, 15) is 17.6 Å². The predicted molar refractivity (Wildman–Crippen MR) is 66.4 cm³/mol. The van der Waals surface area contributed by atoms with Crippen LogP contribution in [-0.4, -0.2) is 13.1 Å². The van der Waals surface area contributed by atoms with Gasteiger partial charge in [-0.05, 0) is 19.8 Å². The molecule has 0 aliphatic rings. The van der Waals surface area contributed by atoms with Crippen molar-refractivity contribution in [2.75, 3.05) is 13.1 Å². The zero-order valence-corrected chi connectivity index (χ0v) is 11.3. The molecule has 1 atom stereocenters. The summed E-state index contributed by atoms with van der Waals surface area (Å²) >= 11 is 0. The van der Waals surface area contributed by atoms with Crippen LogP contribution in [0.3, 0.4) is 0 Å². The molecule has 1 nitrogen and oxygen atoms in total. The van der Waals surface area contributed by atoms with Gasteiger partial charge < -0.3 is 0 Å². The molecule has 1 rings (SSSR count). The van der Waals surface area contributed by atoms with E-state index in [1.807, 2.05) is 0 Å². The molecule has 0 aliphatic carbocycles. The average molecular weight is 278 g/mol. The van der Waals surface area contributed by atoms with Crippen LogP contribution in [0.1, 0.15) is 39.5 Å². The molecule has 0 radical (unpaired) electrons. The summed E-state index contributed by atoms with van der Waals surface area (Å²) < 4.78 is 52.9. The highest BCUT2D eigenvalue weighted by Crippen LogP contribution is 2.20. The lowest BCUT2D eigenvalue weighted by molar-refractivity contribution is -0.832. The molecule has 0 bridgehead atoms. The van der Waals surface area contributed by atoms with Gasteiger partial charge in [0.15, 0.2) is 17.3 Å². The summed E-state index contributed by atoms with van der Waals surface area (Å²) in [7, 11) is 0. The number of halogens is 4. The van der Waals surface area contributed by atoms with Gasteiger partial charge in [0.1, 0.15) is 0 Å². The van der Waals surface area contributed by atoms with Crippen molar-refractivity contribution in [3.63, 3.8) is 0 Å². The molecule has 1 unspecified atom stereocenters. The molecule has 1 N–H and O–H groups in total. The van der Waals surface area contributed by atoms with Crippen LogP contribution in [0.15, 0.2) is 6.07 Å². The van der Waals surface area contributed by atoms with Crippen molar-refractivity contribution < 1.29 is 22.5 Å². The Morgan fingerprint density at radius 2 is 1.58 bits per heavy atom. The molecule has 19 heavy (non-hydrogen) atoms. The summed E-state index contributed by atoms with van der Waals surface area (Å²) in [6.07, 6.45) is 3.99. The van der Waals surface area contributed by atoms with Gasteiger partial charge in [0.05, 0.1) is 13.1 Å². The first-order valence-corrected chi connectivity index (χ1v) is 6.70. The second-order valence-electron chi connectivity index (χ2n) is 4.62. The fourth-order valence-electron chi connectivity index (χ4n) is 2.10. The molecule has 0 amide bonds. The lowest BCUT2D eigenvalue weighted by Crippen LogP contribution is -3.07. The monoisotopic (exact) mass is 278 g/mol. The summed E-state index contributed by atoms with van der Waals surface area (Å²) in [5.41, 5.74) is -0.129. The van der Waals surface area contributed by atoms with Crippen molar-refractivity contribution in [2.24, 2.45) is 0 Å². The van der Waals surface area contributed by atoms with E-state index >= 15 is 0 Å². The summed E-state index contributed by atoms with van der Waals surface area (Å²) in [5.74, 6) is -6.10. The standard InChI is InChI=1S/C14H19F4N/c1-3-5-6-7-8-19(4-2)11-9-10(15)12(16)14(18)13(11)17/h9H,3-8H2,1-2H3/p+1. The van der Waals surface area contributed by atoms with Crippen LogP contribution in [0.25, 0.3) is 0 Å². The number of hydrogen-bond acceptors (Lipinski definition) is 0. The van der Waals surface area contributed by atoms with Crippen LogP contribution in [0, 0.1) is 23.3 Å². The maximum Gasteiger partial charge on any atom is 0.222 e. The molecule has 0 saturated heterocycles. The zero-order valence-electron chi connectivity index (χ0n) is 11.3. The number of benzene rings is 1. The third-order valence-corrected chi connectivity index (χ3v) is 3.24. The van der Waals surface area contributed by atoms with Crippen molar-refractivity contribution in [1.82, 2.24) is 0 Å². The summed E-state index contributed by atoms with van der Waals surface area (Å²) in [6, 6.07) is 0.756. The fraction of sp³-hybridized carbons (Fsp3) is 0.571. The van der Waals surface area contributed by atoms with Gasteiger partial charge in [0.25, 0.3) is 0 Å². The molecule has 0 spiro atoms. The SMILES string of the molecule is CCCCCC[NH+](CC)c1cc(F)c(F)c(F)c1F. The molecule has 108 valence electrons. The molecule has 1 aromatic carbocycles. The van der Waals surface area contributed by atoms with E-state index in [0.29, 0.717) is 18.0 Å². The van der Waals surface area contributed by atoms with Crippen LogP contribution in [0.4, 0.5) is 23.2 Å². The van der Waals surface area contributed by atoms with E-state index in [1.165, 1.54) is 0 Å². The van der Waals surface area contributed by atoms with Gasteiger partial charge in [0, 0.05) is 6.07 Å². The van der Waals surface area contributed by atoms with Gasteiger partial charge in [-0.15, -0.1) is 0 Å². The third-order valence-electron chi connectivity index (χ3n) is 3.24. The molecule has 1 aromatic rings. The average Bonchev–Trinajstić information content (AvgIpc) is 2.41. The lowest BCUT2D eigenvalue weighted by Gasteiger charge is -2.18. The number of hydrogen-bond donors (Lipinski definition) is 1. The van der Waals surface area contributed by atoms with Gasteiger partial charge in [-0.1, -0.05) is 19.8 Å². The topological polar surface area (TPSA) is 4.44 Å². The maximum absolute atomic E-state index is 13.7. The normalized spacial score (nSPS) is 12.7. The number of rotatable bonds is 7. The Kier molecular flexibility index (Phi) is 6.28. The third kappa shape index (κ3) is 3.93. The van der Waals surface area contributed by atoms with Crippen LogP contribution in [0.5, 0.6) is 0 Å². The first kappa shape index (κ1) is 16.0. The molecule has 0 heterocycles. The van der Waals surface area contributed by atoms with Gasteiger partial charge in [-0.2, -0.15) is 4.39 Å². The van der Waals surface area contributed by atoms with Crippen LogP contribution < -0.4 is 4.90 Å². The zero-order chi connectivity index (χ0) is 14.4. The highest BCUT2D eigenvalue weighted by molar-refractivity contribution is 5.33. The van der Waals surface area contributed by atoms with Crippen LogP contribution in [-0.2, 0) is 0 Å². The Morgan fingerprint density at radius 1 is 0.895 bits per heavy atom. The summed E-state index contributed by atoms with van der Waals surface area (Å²) in [4.78, 5) is 0.631. The molecule has 5 heteroatoms. The Balaban J connectivity index is 2.86. The summed E-state index contributed by atoms with van der Waals surface area (Å²) in [5, 5.41) is 0. The van der Waals surface area contributed by atoms with Crippen molar-refractivity contribution in [3.8, 4) is 0 Å². The van der Waals surface area contributed by atoms with Gasteiger partial charge >= 0.3 is 0 Å². The quantitative estimate of drug-likeness (QED) is 0.337. The minimum atomic E-state index is -1.75. The van der Waals surface area contributed by atoms with E-state index in [1.54, 1.807) is 6.92 Å². The minimum absolute atomic E-state index is 0.129. The Labute approximate surface area is 111 Å². The largest absolute Gasteiger partial charge is 0.300 e. The first-order valence-electron chi connectivity index (χ1n) is 6.70. The minimum Gasteiger partial charge on any atom is -0.300 e. The van der Waals surface area contributed by atoms with Crippen molar-refractivity contribution in [2.45, 2.75) is 39.5 Å². The van der Waals surface area contributed by atoms with E-state index in [0.717, 1.165) is 31.7 Å². The molecular formula is C14H20F4N+. The maximum atomic E-state index is 13.7. The van der Waals surface area contributed by atoms with Crippen LogP contribution in [0.2, 0.25) is 0 Å². The predicted octanol–water partition coefficient (Wildman–Crippen LogP) is 3.36. The van der Waals surface area contributed by atoms with E-state index in [-0.39, 0.29) is 5.69 Å². The lowest BCUT2D eigenvalue weighted by atomic mass is 10.2. The van der Waals surface area contributed by atoms with Gasteiger partial charge in [-0.3, -0.25) is 4.90 Å². The van der Waals surface area contributed by atoms with Gasteiger partial charge in [-0.25, -0.2) is 13.2 Å². The van der Waals surface area contributed by atoms with E-state index in [2.05, 4.69) is 6.92 Å². The van der Waals surface area contributed by atoms with Gasteiger partial charge in [0.2, 0.25) is 11.6 Å². The number of quaternary nitrogens is 1. The smallest absolute Gasteiger partial charge is 0.222 e. The summed E-state index contributed by atoms with van der Waals surface area (Å²) in [6.45, 7) is 4.95. The molecule has 0 aliphatic heterocycles. The second-order valence-corrected chi connectivity index (χ2v) is 4.62. The Morgan fingerprint density at radius 3 is 2.16 bits per heavy atom. The second kappa shape index (κ2) is 7.48. The van der Waals surface area contributed by atoms with E-state index in [4.69, 9.17) is 0 Å². The van der Waals surface area contributed by atoms with Crippen LogP contribution >= 0.6 is 0 Å². The fourth-order valence-corrected chi connectivity index (χ4v) is 2.10. The van der Waals surface area contributed by atoms with Crippen molar-refractivity contribution in [1.29, 1.82) is 0 Å². The van der Waals surface area contributed by atoms with Crippen molar-refractivity contribution >= 4 is 5.69 Å². The number of nitrogens with one attached hydrogen (secondary N) is 1. The van der Waals surface area contributed by atoms with E-state index < -0.39 is 23.3 Å². The Hall–Kier alpha value is -1.10. The van der Waals surface area contributed by atoms with Crippen molar-refractivity contribution in [3.05, 3.63) is 29.3 Å².